The third-order valence-corrected chi connectivity index (χ3v) is 13.2. The first-order valence-corrected chi connectivity index (χ1v) is 20.0. The summed E-state index contributed by atoms with van der Waals surface area (Å²) in [6, 6.07) is 3.37. The Morgan fingerprint density at radius 2 is 1.41 bits per heavy atom. The molecule has 0 bridgehead atoms. The van der Waals surface area contributed by atoms with Gasteiger partial charge in [0.25, 0.3) is 32.4 Å². The molecular weight excluding hydrogens is 817 g/mol. The number of rotatable bonds is 13. The maximum atomic E-state index is 13.9. The molecule has 0 spiro atoms. The van der Waals surface area contributed by atoms with Gasteiger partial charge in [-0.3, -0.25) is 52.1 Å². The molecule has 19 nitrogen and oxygen atoms in total. The number of carboxylic acid groups (broad SMARTS) is 3. The van der Waals surface area contributed by atoms with Gasteiger partial charge in [-0.2, -0.15) is 8.42 Å². The molecule has 0 aliphatic carbocycles. The Kier molecular flexibility index (Phi) is 11.8. The summed E-state index contributed by atoms with van der Waals surface area (Å²) >= 11 is 2.78. The van der Waals surface area contributed by atoms with E-state index in [1.165, 1.54) is 26.0 Å². The quantitative estimate of drug-likeness (QED) is 0.170. The van der Waals surface area contributed by atoms with Gasteiger partial charge < -0.3 is 29.7 Å². The number of thiazole rings is 2. The molecule has 0 unspecified atom stereocenters. The van der Waals surface area contributed by atoms with Crippen molar-refractivity contribution >= 4 is 102 Å². The van der Waals surface area contributed by atoms with Crippen molar-refractivity contribution in [3.63, 3.8) is 0 Å². The van der Waals surface area contributed by atoms with Crippen LogP contribution < -0.4 is 34.7 Å². The van der Waals surface area contributed by atoms with Crippen molar-refractivity contribution in [1.82, 2.24) is 14.0 Å². The summed E-state index contributed by atoms with van der Waals surface area (Å²) in [7, 11) is -1.41. The zero-order valence-electron chi connectivity index (χ0n) is 28.1. The lowest BCUT2D eigenvalue weighted by molar-refractivity contribution is -0.140. The number of hydrogen-bond donors (Lipinski definition) is 4. The monoisotopic (exact) mass is 844 g/mol. The van der Waals surface area contributed by atoms with Gasteiger partial charge in [-0.05, 0) is 36.8 Å². The zero-order chi connectivity index (χ0) is 39.8. The van der Waals surface area contributed by atoms with Gasteiger partial charge >= 0.3 is 17.9 Å². The second-order valence-corrected chi connectivity index (χ2v) is 16.9. The Balaban J connectivity index is 1.78. The fourth-order valence-electron chi connectivity index (χ4n) is 5.32. The smallest absolute Gasteiger partial charge is 0.323 e. The van der Waals surface area contributed by atoms with E-state index in [4.69, 9.17) is 14.6 Å². The molecule has 1 aromatic carbocycles. The van der Waals surface area contributed by atoms with Gasteiger partial charge in [0.05, 0.1) is 35.2 Å². The molecule has 0 radical (unpaired) electrons. The van der Waals surface area contributed by atoms with Crippen LogP contribution >= 0.6 is 46.2 Å². The average Bonchev–Trinajstić information content (AvgIpc) is 3.77. The molecule has 4 N–H and O–H groups in total. The molecule has 2 aromatic heterocycles. The van der Waals surface area contributed by atoms with E-state index in [0.29, 0.717) is 59.7 Å². The van der Waals surface area contributed by atoms with Crippen molar-refractivity contribution in [2.45, 2.75) is 31.3 Å². The van der Waals surface area contributed by atoms with Crippen molar-refractivity contribution in [1.29, 1.82) is 0 Å². The first-order chi connectivity index (χ1) is 25.3. The van der Waals surface area contributed by atoms with Crippen LogP contribution in [0.2, 0.25) is 0 Å². The molecule has 1 fully saturated rings. The highest BCUT2D eigenvalue weighted by atomic mass is 32.2. The van der Waals surface area contributed by atoms with Crippen LogP contribution in [0.25, 0.3) is 10.5 Å². The standard InChI is InChI=1S/C30H28N4O15S5/c1-13(7-18-31(5-4-6-54(45,46)47)14-8-15(48-2)16(49-3)9-17(14)50-18)22-25(41)32(10-19(35)36)28(51-22)23-26(42)33(11-20(37)38)29(52-23)24-27(43)34(12-21(39)40)30(44)53-24/h7-9H,4-6,10-12H2,1-3H3,(H,35,36)(H,37,38)(H,39,40)(H,45,46,47)/b18-7-,22-13+,28-23+,29-24+. The maximum absolute atomic E-state index is 13.9. The van der Waals surface area contributed by atoms with Gasteiger partial charge in [-0.25, -0.2) is 0 Å². The minimum absolute atomic E-state index is 0.000916. The van der Waals surface area contributed by atoms with Gasteiger partial charge in [0, 0.05) is 23.6 Å². The topological polar surface area (TPSA) is 269 Å². The lowest BCUT2D eigenvalue weighted by Gasteiger charge is -2.21. The largest absolute Gasteiger partial charge is 0.493 e. The normalized spacial score (nSPS) is 17.3. The number of aliphatic carboxylic acids is 3. The van der Waals surface area contributed by atoms with E-state index >= 15 is 0 Å². The van der Waals surface area contributed by atoms with Crippen LogP contribution in [-0.4, -0.2) is 104 Å². The molecule has 0 atom stereocenters. The molecule has 24 heteroatoms. The van der Waals surface area contributed by atoms with Crippen LogP contribution in [0, 0.1) is 9.20 Å². The predicted molar refractivity (Wildman–Crippen MR) is 196 cm³/mol. The Morgan fingerprint density at radius 3 is 1.98 bits per heavy atom. The van der Waals surface area contributed by atoms with Crippen molar-refractivity contribution in [2.24, 2.45) is 0 Å². The number of hydrogen-bond acceptors (Lipinski definition) is 16. The van der Waals surface area contributed by atoms with Crippen LogP contribution in [0.1, 0.15) is 13.3 Å². The second-order valence-electron chi connectivity index (χ2n) is 11.3. The lowest BCUT2D eigenvalue weighted by atomic mass is 10.2. The molecule has 2 aliphatic rings. The van der Waals surface area contributed by atoms with E-state index < -0.39 is 80.6 Å². The number of carbonyl (C=O) groups excluding carboxylic acids is 2. The molecular formula is C30H28N4O15S5. The third-order valence-electron chi connectivity index (χ3n) is 7.60. The first kappa shape index (κ1) is 40.3. The number of carboxylic acids is 3. The molecule has 5 rings (SSSR count). The minimum atomic E-state index is -4.29. The summed E-state index contributed by atoms with van der Waals surface area (Å²) in [6.07, 6.45) is 1.59. The number of anilines is 1. The molecule has 4 heterocycles. The number of thioether (sulfide) groups is 2. The summed E-state index contributed by atoms with van der Waals surface area (Å²) in [5.74, 6) is -5.32. The van der Waals surface area contributed by atoms with Crippen molar-refractivity contribution < 1.29 is 61.7 Å². The molecule has 1 saturated heterocycles. The van der Waals surface area contributed by atoms with Crippen LogP contribution in [0.3, 0.4) is 0 Å². The zero-order valence-corrected chi connectivity index (χ0v) is 32.2. The number of fused-ring (bicyclic) bond motifs is 1. The summed E-state index contributed by atoms with van der Waals surface area (Å²) in [6.45, 7) is -1.26. The summed E-state index contributed by atoms with van der Waals surface area (Å²) < 4.78 is 43.8. The van der Waals surface area contributed by atoms with Gasteiger partial charge in [0.15, 0.2) is 11.5 Å². The van der Waals surface area contributed by atoms with E-state index in [0.717, 1.165) is 15.9 Å². The Bertz CT molecular complexity index is 2620. The number of imide groups is 1. The van der Waals surface area contributed by atoms with Crippen LogP contribution in [0.15, 0.2) is 37.7 Å². The number of benzene rings is 1. The molecule has 2 amide bonds. The van der Waals surface area contributed by atoms with Crippen LogP contribution in [-0.2, 0) is 42.4 Å². The van der Waals surface area contributed by atoms with E-state index in [1.54, 1.807) is 30.0 Å². The van der Waals surface area contributed by atoms with Crippen LogP contribution in [0.5, 0.6) is 11.5 Å². The fraction of sp³-hybridized carbons (Fsp3) is 0.300. The number of nitrogens with zero attached hydrogens (tertiary/aromatic N) is 4. The second kappa shape index (κ2) is 15.8. The number of ether oxygens (including phenoxy) is 2. The Labute approximate surface area is 319 Å². The first-order valence-electron chi connectivity index (χ1n) is 15.1. The van der Waals surface area contributed by atoms with E-state index in [1.807, 2.05) is 0 Å². The van der Waals surface area contributed by atoms with Crippen molar-refractivity contribution in [3.8, 4) is 11.5 Å². The summed E-state index contributed by atoms with van der Waals surface area (Å²) in [5.41, 5.74) is -0.947. The van der Waals surface area contributed by atoms with Crippen molar-refractivity contribution in [3.05, 3.63) is 62.3 Å². The maximum Gasteiger partial charge on any atom is 0.323 e. The van der Waals surface area contributed by atoms with Gasteiger partial charge in [0.1, 0.15) is 38.4 Å². The van der Waals surface area contributed by atoms with Crippen LogP contribution in [0.4, 0.5) is 10.5 Å². The summed E-state index contributed by atoms with van der Waals surface area (Å²) in [4.78, 5) is 90.7. The summed E-state index contributed by atoms with van der Waals surface area (Å²) in [5, 5.41) is 28.0. The van der Waals surface area contributed by atoms with Gasteiger partial charge in [-0.15, -0.1) is 22.7 Å². The molecule has 3 aromatic rings. The lowest BCUT2D eigenvalue weighted by Crippen LogP contribution is -2.35. The number of allylic oxidation sites excluding steroid dienone is 1. The SMILES string of the molecule is COc1cc2c(cc1OC)N(CCCS(=O)(=O)O)/C(=C/C(C)=c1/s/c(=c3/s/c(=C4/SC(=O)N(CC(=O)O)C4=O)n(CC(=O)O)c3=O)n(CC(=O)O)c1=O)S2. The highest BCUT2D eigenvalue weighted by Crippen LogP contribution is 2.50. The van der Waals surface area contributed by atoms with Gasteiger partial charge in [-0.1, -0.05) is 11.8 Å². The number of amides is 2. The highest BCUT2D eigenvalue weighted by molar-refractivity contribution is 8.23. The number of aromatic nitrogens is 2. The highest BCUT2D eigenvalue weighted by Gasteiger charge is 2.38. The average molecular weight is 845 g/mol. The van der Waals surface area contributed by atoms with E-state index in [9.17, 15) is 56.7 Å². The Hall–Kier alpha value is -4.88. The van der Waals surface area contributed by atoms with E-state index in [2.05, 4.69) is 0 Å². The molecule has 288 valence electrons. The molecule has 54 heavy (non-hydrogen) atoms. The van der Waals surface area contributed by atoms with E-state index in [-0.39, 0.29) is 36.9 Å². The third kappa shape index (κ3) is 8.27. The molecule has 0 saturated carbocycles. The molecule has 2 aliphatic heterocycles. The minimum Gasteiger partial charge on any atom is -0.493 e. The van der Waals surface area contributed by atoms with Crippen molar-refractivity contribution in [2.75, 3.05) is 38.0 Å². The fourth-order valence-corrected chi connectivity index (χ4v) is 10.4. The van der Waals surface area contributed by atoms with Gasteiger partial charge in [0.2, 0.25) is 0 Å². The number of carbonyl (C=O) groups is 5. The number of methoxy groups -OCH3 is 2. The predicted octanol–water partition coefficient (Wildman–Crippen LogP) is 0.397. The Morgan fingerprint density at radius 1 is 0.815 bits per heavy atom.